The molecule has 0 aliphatic carbocycles. The summed E-state index contributed by atoms with van der Waals surface area (Å²) in [5, 5.41) is 7.23. The van der Waals surface area contributed by atoms with Crippen LogP contribution < -0.4 is 10.6 Å². The second-order valence-electron chi connectivity index (χ2n) is 5.30. The lowest BCUT2D eigenvalue weighted by Gasteiger charge is -2.08. The van der Waals surface area contributed by atoms with Crippen LogP contribution in [0, 0.1) is 5.92 Å². The van der Waals surface area contributed by atoms with E-state index in [1.165, 1.54) is 17.8 Å². The highest BCUT2D eigenvalue weighted by Gasteiger charge is 2.15. The molecule has 0 spiro atoms. The predicted octanol–water partition coefficient (Wildman–Crippen LogP) is 3.38. The summed E-state index contributed by atoms with van der Waals surface area (Å²) in [7, 11) is 0. The van der Waals surface area contributed by atoms with Gasteiger partial charge in [0.05, 0.1) is 6.20 Å². The fourth-order valence-electron chi connectivity index (χ4n) is 2.53. The number of nitrogens with one attached hydrogen (secondary N) is 2. The normalized spacial score (nSPS) is 16.3. The van der Waals surface area contributed by atoms with Gasteiger partial charge in [0.25, 0.3) is 5.91 Å². The van der Waals surface area contributed by atoms with Crippen LogP contribution in [0.2, 0.25) is 0 Å². The largest absolute Gasteiger partial charge is 0.351 e. The molecular formula is C16H21Cl2N3OS. The third kappa shape index (κ3) is 5.46. The molecule has 0 saturated carbocycles. The van der Waals surface area contributed by atoms with Crippen LogP contribution >= 0.6 is 36.2 Å². The van der Waals surface area contributed by atoms with Crippen molar-refractivity contribution in [2.75, 3.05) is 19.6 Å². The van der Waals surface area contributed by atoms with Crippen molar-refractivity contribution in [3.05, 3.63) is 41.4 Å². The van der Waals surface area contributed by atoms with Gasteiger partial charge in [-0.3, -0.25) is 4.79 Å². The van der Waals surface area contributed by atoms with Crippen LogP contribution in [-0.4, -0.2) is 30.5 Å². The molecule has 2 aromatic rings. The average molecular weight is 374 g/mol. The molecule has 126 valence electrons. The first-order chi connectivity index (χ1) is 10.3. The Labute approximate surface area is 152 Å². The smallest absolute Gasteiger partial charge is 0.263 e. The summed E-state index contributed by atoms with van der Waals surface area (Å²) < 4.78 is 0. The van der Waals surface area contributed by atoms with E-state index in [9.17, 15) is 4.79 Å². The first-order valence-corrected chi connectivity index (χ1v) is 8.15. The number of carbonyl (C=O) groups excluding carboxylic acids is 1. The van der Waals surface area contributed by atoms with Crippen molar-refractivity contribution in [1.29, 1.82) is 0 Å². The van der Waals surface area contributed by atoms with Gasteiger partial charge in [0.1, 0.15) is 9.88 Å². The summed E-state index contributed by atoms with van der Waals surface area (Å²) in [6, 6.07) is 9.95. The summed E-state index contributed by atoms with van der Waals surface area (Å²) in [5.74, 6) is 0.687. The first kappa shape index (κ1) is 19.9. The van der Waals surface area contributed by atoms with E-state index in [4.69, 9.17) is 0 Å². The van der Waals surface area contributed by atoms with Crippen molar-refractivity contribution in [2.45, 2.75) is 12.8 Å². The Morgan fingerprint density at radius 3 is 2.78 bits per heavy atom. The van der Waals surface area contributed by atoms with Crippen LogP contribution in [0.4, 0.5) is 0 Å². The Morgan fingerprint density at radius 2 is 2.09 bits per heavy atom. The molecule has 1 fully saturated rings. The van der Waals surface area contributed by atoms with Crippen LogP contribution in [-0.2, 0) is 0 Å². The number of nitrogens with zero attached hydrogens (tertiary/aromatic N) is 1. The fraction of sp³-hybridized carbons (Fsp3) is 0.375. The van der Waals surface area contributed by atoms with Crippen LogP contribution in [0.25, 0.3) is 10.6 Å². The quantitative estimate of drug-likeness (QED) is 0.844. The SMILES string of the molecule is Cl.Cl.O=C(NCCC1CCNC1)c1cnc(-c2ccccc2)s1. The molecule has 1 aromatic carbocycles. The summed E-state index contributed by atoms with van der Waals surface area (Å²) in [6.07, 6.45) is 3.93. The molecule has 4 nitrogen and oxygen atoms in total. The van der Waals surface area contributed by atoms with Gasteiger partial charge in [0.2, 0.25) is 0 Å². The third-order valence-electron chi connectivity index (χ3n) is 3.75. The molecule has 2 N–H and O–H groups in total. The minimum atomic E-state index is -0.0133. The number of amides is 1. The second kappa shape index (κ2) is 9.88. The van der Waals surface area contributed by atoms with Crippen molar-refractivity contribution in [3.63, 3.8) is 0 Å². The molecule has 1 atom stereocenters. The Bertz CT molecular complexity index is 600. The Balaban J connectivity index is 0.00000132. The summed E-state index contributed by atoms with van der Waals surface area (Å²) in [6.45, 7) is 2.92. The van der Waals surface area contributed by atoms with E-state index in [1.54, 1.807) is 6.20 Å². The molecule has 1 aliphatic heterocycles. The molecule has 0 radical (unpaired) electrons. The van der Waals surface area contributed by atoms with Crippen LogP contribution in [0.1, 0.15) is 22.5 Å². The van der Waals surface area contributed by atoms with E-state index in [-0.39, 0.29) is 30.7 Å². The highest BCUT2D eigenvalue weighted by molar-refractivity contribution is 7.16. The molecule has 3 rings (SSSR count). The van der Waals surface area contributed by atoms with Crippen molar-refractivity contribution >= 4 is 42.1 Å². The zero-order valence-electron chi connectivity index (χ0n) is 12.7. The summed E-state index contributed by atoms with van der Waals surface area (Å²) >= 11 is 1.44. The summed E-state index contributed by atoms with van der Waals surface area (Å²) in [5.41, 5.74) is 1.05. The zero-order valence-corrected chi connectivity index (χ0v) is 15.1. The number of thiazole rings is 1. The van der Waals surface area contributed by atoms with Crippen molar-refractivity contribution in [2.24, 2.45) is 5.92 Å². The molecular weight excluding hydrogens is 353 g/mol. The molecule has 1 aliphatic rings. The van der Waals surface area contributed by atoms with Gasteiger partial charge in [-0.2, -0.15) is 0 Å². The second-order valence-corrected chi connectivity index (χ2v) is 6.33. The summed E-state index contributed by atoms with van der Waals surface area (Å²) in [4.78, 5) is 17.1. The maximum absolute atomic E-state index is 12.1. The lowest BCUT2D eigenvalue weighted by molar-refractivity contribution is 0.0955. The van der Waals surface area contributed by atoms with E-state index >= 15 is 0 Å². The number of aromatic nitrogens is 1. The Morgan fingerprint density at radius 1 is 1.30 bits per heavy atom. The fourth-order valence-corrected chi connectivity index (χ4v) is 3.37. The van der Waals surface area contributed by atoms with Gasteiger partial charge in [-0.1, -0.05) is 30.3 Å². The van der Waals surface area contributed by atoms with Crippen LogP contribution in [0.3, 0.4) is 0 Å². The van der Waals surface area contributed by atoms with Gasteiger partial charge in [-0.05, 0) is 31.8 Å². The van der Waals surface area contributed by atoms with Crippen molar-refractivity contribution in [3.8, 4) is 10.6 Å². The molecule has 0 bridgehead atoms. The van der Waals surface area contributed by atoms with Gasteiger partial charge in [-0.25, -0.2) is 4.98 Å². The standard InChI is InChI=1S/C16H19N3OS.2ClH/c20-15(18-9-7-12-6-8-17-10-12)14-11-19-16(21-14)13-4-2-1-3-5-13;;/h1-5,11-12,17H,6-10H2,(H,18,20);2*1H. The maximum atomic E-state index is 12.1. The highest BCUT2D eigenvalue weighted by Crippen LogP contribution is 2.24. The minimum absolute atomic E-state index is 0. The van der Waals surface area contributed by atoms with Crippen LogP contribution in [0.5, 0.6) is 0 Å². The maximum Gasteiger partial charge on any atom is 0.263 e. The van der Waals surface area contributed by atoms with Gasteiger partial charge < -0.3 is 10.6 Å². The van der Waals surface area contributed by atoms with E-state index in [2.05, 4.69) is 15.6 Å². The van der Waals surface area contributed by atoms with Gasteiger partial charge in [0, 0.05) is 12.1 Å². The number of rotatable bonds is 5. The van der Waals surface area contributed by atoms with E-state index in [0.717, 1.165) is 36.6 Å². The van der Waals surface area contributed by atoms with Crippen molar-refractivity contribution < 1.29 is 4.79 Å². The number of hydrogen-bond acceptors (Lipinski definition) is 4. The van der Waals surface area contributed by atoms with Gasteiger partial charge in [-0.15, -0.1) is 36.2 Å². The molecule has 1 saturated heterocycles. The lowest BCUT2D eigenvalue weighted by atomic mass is 10.1. The molecule has 1 aromatic heterocycles. The highest BCUT2D eigenvalue weighted by atomic mass is 35.5. The van der Waals surface area contributed by atoms with E-state index in [1.807, 2.05) is 30.3 Å². The van der Waals surface area contributed by atoms with Crippen LogP contribution in [0.15, 0.2) is 36.5 Å². The molecule has 23 heavy (non-hydrogen) atoms. The Hall–Kier alpha value is -1.14. The van der Waals surface area contributed by atoms with E-state index < -0.39 is 0 Å². The molecule has 1 amide bonds. The lowest BCUT2D eigenvalue weighted by Crippen LogP contribution is -2.25. The molecule has 1 unspecified atom stereocenters. The number of hydrogen-bond donors (Lipinski definition) is 2. The average Bonchev–Trinajstić information content (AvgIpc) is 3.20. The van der Waals surface area contributed by atoms with E-state index in [0.29, 0.717) is 10.8 Å². The third-order valence-corrected chi connectivity index (χ3v) is 4.80. The molecule has 2 heterocycles. The number of benzene rings is 1. The topological polar surface area (TPSA) is 54.0 Å². The Kier molecular flexibility index (Phi) is 8.55. The van der Waals surface area contributed by atoms with Gasteiger partial charge >= 0.3 is 0 Å². The monoisotopic (exact) mass is 373 g/mol. The van der Waals surface area contributed by atoms with Crippen molar-refractivity contribution in [1.82, 2.24) is 15.6 Å². The number of halogens is 2. The first-order valence-electron chi connectivity index (χ1n) is 7.33. The van der Waals surface area contributed by atoms with Gasteiger partial charge in [0.15, 0.2) is 0 Å². The number of carbonyl (C=O) groups is 1. The predicted molar refractivity (Wildman–Crippen MR) is 100.0 cm³/mol. The minimum Gasteiger partial charge on any atom is -0.351 e. The zero-order chi connectivity index (χ0) is 14.5. The molecule has 7 heteroatoms.